The van der Waals surface area contributed by atoms with E-state index >= 15 is 0 Å². The quantitative estimate of drug-likeness (QED) is 0.562. The summed E-state index contributed by atoms with van der Waals surface area (Å²) >= 11 is 0. The molecule has 0 bridgehead atoms. The maximum atomic E-state index is 12.4. The number of anilines is 1. The summed E-state index contributed by atoms with van der Waals surface area (Å²) in [7, 11) is 1.60. The van der Waals surface area contributed by atoms with E-state index in [9.17, 15) is 9.59 Å². The number of carbonyl (C=O) groups is 1. The van der Waals surface area contributed by atoms with Gasteiger partial charge in [-0.05, 0) is 53.9 Å². The molecule has 0 spiro atoms. The third-order valence-electron chi connectivity index (χ3n) is 4.38. The van der Waals surface area contributed by atoms with Crippen LogP contribution >= 0.6 is 0 Å². The van der Waals surface area contributed by atoms with E-state index in [-0.39, 0.29) is 18.0 Å². The third-order valence-corrected chi connectivity index (χ3v) is 4.38. The molecule has 0 unspecified atom stereocenters. The Morgan fingerprint density at radius 3 is 2.71 bits per heavy atom. The number of nitrogens with zero attached hydrogens (tertiary/aromatic N) is 2. The molecule has 0 saturated heterocycles. The largest absolute Gasteiger partial charge is 0.497 e. The SMILES string of the molecule is COc1ccc(-c2ccc(=O)n(CC(=O)Nc3ccc4cc[nH]c4c3)n2)cc1. The van der Waals surface area contributed by atoms with Crippen molar-refractivity contribution in [3.05, 3.63) is 77.2 Å². The van der Waals surface area contributed by atoms with Gasteiger partial charge in [0.25, 0.3) is 5.56 Å². The van der Waals surface area contributed by atoms with E-state index in [0.29, 0.717) is 11.4 Å². The summed E-state index contributed by atoms with van der Waals surface area (Å²) in [6.45, 7) is -0.175. The predicted octanol–water partition coefficient (Wildman–Crippen LogP) is 3.04. The van der Waals surface area contributed by atoms with E-state index in [1.165, 1.54) is 6.07 Å². The molecule has 0 saturated carbocycles. The van der Waals surface area contributed by atoms with Crippen molar-refractivity contribution in [2.75, 3.05) is 12.4 Å². The Balaban J connectivity index is 1.53. The molecule has 2 aromatic heterocycles. The first-order valence-electron chi connectivity index (χ1n) is 8.72. The molecule has 0 radical (unpaired) electrons. The fourth-order valence-electron chi connectivity index (χ4n) is 2.94. The maximum Gasteiger partial charge on any atom is 0.267 e. The average Bonchev–Trinajstić information content (AvgIpc) is 3.17. The first-order valence-corrected chi connectivity index (χ1v) is 8.72. The Kier molecular flexibility index (Phi) is 4.63. The summed E-state index contributed by atoms with van der Waals surface area (Å²) in [5.41, 5.74) is 2.66. The van der Waals surface area contributed by atoms with Gasteiger partial charge in [0.05, 0.1) is 12.8 Å². The minimum atomic E-state index is -0.341. The van der Waals surface area contributed by atoms with Gasteiger partial charge in [-0.3, -0.25) is 9.59 Å². The van der Waals surface area contributed by atoms with Crippen LogP contribution in [0.25, 0.3) is 22.2 Å². The van der Waals surface area contributed by atoms with Crippen LogP contribution in [0.1, 0.15) is 0 Å². The molecule has 0 fully saturated rings. The predicted molar refractivity (Wildman–Crippen MR) is 107 cm³/mol. The summed E-state index contributed by atoms with van der Waals surface area (Å²) in [6.07, 6.45) is 1.84. The first-order chi connectivity index (χ1) is 13.6. The highest BCUT2D eigenvalue weighted by Crippen LogP contribution is 2.20. The third kappa shape index (κ3) is 3.64. The molecule has 7 nitrogen and oxygen atoms in total. The number of hydrogen-bond acceptors (Lipinski definition) is 4. The smallest absolute Gasteiger partial charge is 0.267 e. The highest BCUT2D eigenvalue weighted by molar-refractivity contribution is 5.93. The molecule has 0 aliphatic heterocycles. The number of aromatic amines is 1. The van der Waals surface area contributed by atoms with Gasteiger partial charge in [-0.15, -0.1) is 0 Å². The molecule has 0 atom stereocenters. The van der Waals surface area contributed by atoms with Gasteiger partial charge in [-0.2, -0.15) is 5.10 Å². The van der Waals surface area contributed by atoms with Gasteiger partial charge in [0.15, 0.2) is 0 Å². The van der Waals surface area contributed by atoms with Crippen molar-refractivity contribution in [1.82, 2.24) is 14.8 Å². The van der Waals surface area contributed by atoms with Crippen LogP contribution in [0, 0.1) is 0 Å². The Bertz CT molecular complexity index is 1190. The fraction of sp³-hybridized carbons (Fsp3) is 0.0952. The minimum Gasteiger partial charge on any atom is -0.497 e. The minimum absolute atomic E-state index is 0.175. The number of benzene rings is 2. The van der Waals surface area contributed by atoms with Gasteiger partial charge in [-0.1, -0.05) is 6.07 Å². The van der Waals surface area contributed by atoms with Crippen LogP contribution in [0.3, 0.4) is 0 Å². The summed E-state index contributed by atoms with van der Waals surface area (Å²) in [5.74, 6) is 0.405. The summed E-state index contributed by atoms with van der Waals surface area (Å²) < 4.78 is 6.30. The van der Waals surface area contributed by atoms with Crippen molar-refractivity contribution >= 4 is 22.5 Å². The number of carbonyl (C=O) groups excluding carboxylic acids is 1. The van der Waals surface area contributed by atoms with Crippen molar-refractivity contribution in [1.29, 1.82) is 0 Å². The standard InChI is InChI=1S/C21H18N4O3/c1-28-17-6-3-14(4-7-17)18-8-9-21(27)25(24-18)13-20(26)23-16-5-2-15-10-11-22-19(15)12-16/h2-12,22H,13H2,1H3,(H,23,26). The summed E-state index contributed by atoms with van der Waals surface area (Å²) in [6, 6.07) is 17.9. The molecular weight excluding hydrogens is 356 g/mol. The first kappa shape index (κ1) is 17.5. The zero-order valence-electron chi connectivity index (χ0n) is 15.2. The van der Waals surface area contributed by atoms with Crippen LogP contribution in [0.5, 0.6) is 5.75 Å². The molecule has 2 aromatic carbocycles. The van der Waals surface area contributed by atoms with Crippen molar-refractivity contribution < 1.29 is 9.53 Å². The number of amides is 1. The Morgan fingerprint density at radius 2 is 1.93 bits per heavy atom. The number of fused-ring (bicyclic) bond motifs is 1. The molecule has 4 rings (SSSR count). The van der Waals surface area contributed by atoms with Gasteiger partial charge < -0.3 is 15.0 Å². The highest BCUT2D eigenvalue weighted by Gasteiger charge is 2.09. The number of H-pyrrole nitrogens is 1. The number of nitrogens with one attached hydrogen (secondary N) is 2. The lowest BCUT2D eigenvalue weighted by Gasteiger charge is -2.09. The molecule has 2 heterocycles. The molecular formula is C21H18N4O3. The molecule has 2 N–H and O–H groups in total. The summed E-state index contributed by atoms with van der Waals surface area (Å²) in [4.78, 5) is 27.6. The van der Waals surface area contributed by atoms with Crippen LogP contribution in [-0.4, -0.2) is 27.8 Å². The van der Waals surface area contributed by atoms with Crippen molar-refractivity contribution in [2.45, 2.75) is 6.54 Å². The number of ether oxygens (including phenoxy) is 1. The molecule has 1 amide bonds. The van der Waals surface area contributed by atoms with Gasteiger partial charge >= 0.3 is 0 Å². The molecule has 4 aromatic rings. The van der Waals surface area contributed by atoms with Crippen molar-refractivity contribution in [3.63, 3.8) is 0 Å². The van der Waals surface area contributed by atoms with E-state index in [0.717, 1.165) is 26.9 Å². The second kappa shape index (κ2) is 7.40. The topological polar surface area (TPSA) is 89.0 Å². The zero-order chi connectivity index (χ0) is 19.5. The Morgan fingerprint density at radius 1 is 1.11 bits per heavy atom. The normalized spacial score (nSPS) is 10.8. The molecule has 140 valence electrons. The monoisotopic (exact) mass is 374 g/mol. The molecule has 0 aliphatic carbocycles. The van der Waals surface area contributed by atoms with Crippen LogP contribution in [0.15, 0.2) is 71.7 Å². The lowest BCUT2D eigenvalue weighted by Crippen LogP contribution is -2.29. The van der Waals surface area contributed by atoms with Gasteiger partial charge in [0.1, 0.15) is 12.3 Å². The van der Waals surface area contributed by atoms with Crippen LogP contribution in [0.4, 0.5) is 5.69 Å². The molecule has 0 aliphatic rings. The lowest BCUT2D eigenvalue weighted by atomic mass is 10.1. The van der Waals surface area contributed by atoms with E-state index < -0.39 is 0 Å². The zero-order valence-corrected chi connectivity index (χ0v) is 15.2. The number of aromatic nitrogens is 3. The van der Waals surface area contributed by atoms with Crippen LogP contribution < -0.4 is 15.6 Å². The van der Waals surface area contributed by atoms with Crippen LogP contribution in [-0.2, 0) is 11.3 Å². The molecule has 7 heteroatoms. The van der Waals surface area contributed by atoms with Crippen molar-refractivity contribution in [3.8, 4) is 17.0 Å². The van der Waals surface area contributed by atoms with Gasteiger partial charge in [0.2, 0.25) is 5.91 Å². The van der Waals surface area contributed by atoms with E-state index in [4.69, 9.17) is 4.74 Å². The lowest BCUT2D eigenvalue weighted by molar-refractivity contribution is -0.117. The Labute approximate surface area is 160 Å². The Hall–Kier alpha value is -3.87. The number of hydrogen-bond donors (Lipinski definition) is 2. The second-order valence-electron chi connectivity index (χ2n) is 6.27. The van der Waals surface area contributed by atoms with Gasteiger partial charge in [-0.25, -0.2) is 4.68 Å². The number of methoxy groups -OCH3 is 1. The van der Waals surface area contributed by atoms with Crippen molar-refractivity contribution in [2.24, 2.45) is 0 Å². The van der Waals surface area contributed by atoms with Crippen LogP contribution in [0.2, 0.25) is 0 Å². The van der Waals surface area contributed by atoms with E-state index in [1.807, 2.05) is 54.7 Å². The van der Waals surface area contributed by atoms with E-state index in [1.54, 1.807) is 13.2 Å². The molecule has 28 heavy (non-hydrogen) atoms. The maximum absolute atomic E-state index is 12.4. The van der Waals surface area contributed by atoms with Gasteiger partial charge in [0, 0.05) is 29.0 Å². The average molecular weight is 374 g/mol. The fourth-order valence-corrected chi connectivity index (χ4v) is 2.94. The number of rotatable bonds is 5. The highest BCUT2D eigenvalue weighted by atomic mass is 16.5. The second-order valence-corrected chi connectivity index (χ2v) is 6.27. The van der Waals surface area contributed by atoms with E-state index in [2.05, 4.69) is 15.4 Å². The summed E-state index contributed by atoms with van der Waals surface area (Å²) in [5, 5.41) is 8.17.